The lowest BCUT2D eigenvalue weighted by Gasteiger charge is -2.45. The Labute approximate surface area is 123 Å². The van der Waals surface area contributed by atoms with E-state index in [-0.39, 0.29) is 5.91 Å². The standard InChI is InChI=1S/C16H18N2O3/c1-16(2)15(20)14(18-7-3-4-13(18)19)11-8-10(9-17)5-6-12(11)21-16/h5-6,8,14-15,20H,3-4,7H2,1-2H3/t14-,15?/m0/s1. The molecule has 0 aromatic heterocycles. The molecule has 1 saturated heterocycles. The van der Waals surface area contributed by atoms with E-state index in [0.29, 0.717) is 24.3 Å². The van der Waals surface area contributed by atoms with Crippen LogP contribution in [0.2, 0.25) is 0 Å². The third-order valence-electron chi connectivity index (χ3n) is 4.29. The van der Waals surface area contributed by atoms with E-state index in [1.165, 1.54) is 0 Å². The zero-order chi connectivity index (χ0) is 15.2. The van der Waals surface area contributed by atoms with Gasteiger partial charge in [-0.25, -0.2) is 0 Å². The van der Waals surface area contributed by atoms with Crippen molar-refractivity contribution >= 4 is 5.91 Å². The first-order valence-electron chi connectivity index (χ1n) is 7.14. The van der Waals surface area contributed by atoms with Crippen LogP contribution in [0.15, 0.2) is 18.2 Å². The van der Waals surface area contributed by atoms with Gasteiger partial charge in [-0.3, -0.25) is 4.79 Å². The van der Waals surface area contributed by atoms with E-state index in [0.717, 1.165) is 12.0 Å². The number of rotatable bonds is 1. The van der Waals surface area contributed by atoms with Gasteiger partial charge in [-0.2, -0.15) is 5.26 Å². The van der Waals surface area contributed by atoms with Gasteiger partial charge in [0.15, 0.2) is 0 Å². The molecule has 1 unspecified atom stereocenters. The predicted octanol–water partition coefficient (Wildman–Crippen LogP) is 1.75. The van der Waals surface area contributed by atoms with E-state index in [9.17, 15) is 9.90 Å². The predicted molar refractivity (Wildman–Crippen MR) is 75.6 cm³/mol. The molecule has 2 aliphatic rings. The number of carbonyl (C=O) groups is 1. The third kappa shape index (κ3) is 2.16. The summed E-state index contributed by atoms with van der Waals surface area (Å²) in [6.45, 7) is 4.26. The summed E-state index contributed by atoms with van der Waals surface area (Å²) in [5.74, 6) is 0.680. The van der Waals surface area contributed by atoms with Crippen molar-refractivity contribution in [3.8, 4) is 11.8 Å². The number of hydrogen-bond donors (Lipinski definition) is 1. The van der Waals surface area contributed by atoms with Crippen LogP contribution >= 0.6 is 0 Å². The van der Waals surface area contributed by atoms with E-state index in [1.54, 1.807) is 23.1 Å². The lowest BCUT2D eigenvalue weighted by atomic mass is 9.85. The van der Waals surface area contributed by atoms with E-state index in [2.05, 4.69) is 6.07 Å². The molecule has 1 fully saturated rings. The summed E-state index contributed by atoms with van der Waals surface area (Å²) < 4.78 is 5.86. The van der Waals surface area contributed by atoms with Crippen LogP contribution in [-0.4, -0.2) is 34.2 Å². The lowest BCUT2D eigenvalue weighted by molar-refractivity contribution is -0.139. The van der Waals surface area contributed by atoms with Gasteiger partial charge in [0.2, 0.25) is 5.91 Å². The quantitative estimate of drug-likeness (QED) is 0.853. The van der Waals surface area contributed by atoms with Gasteiger partial charge in [0, 0.05) is 18.5 Å². The minimum Gasteiger partial charge on any atom is -0.485 e. The first kappa shape index (κ1) is 13.9. The molecule has 0 saturated carbocycles. The number of carbonyl (C=O) groups excluding carboxylic acids is 1. The van der Waals surface area contributed by atoms with E-state index >= 15 is 0 Å². The molecule has 1 aromatic rings. The molecule has 5 nitrogen and oxygen atoms in total. The van der Waals surface area contributed by atoms with Crippen molar-refractivity contribution in [1.82, 2.24) is 4.90 Å². The second-order valence-electron chi connectivity index (χ2n) is 6.15. The van der Waals surface area contributed by atoms with E-state index in [1.807, 2.05) is 13.8 Å². The zero-order valence-corrected chi connectivity index (χ0v) is 12.2. The summed E-state index contributed by atoms with van der Waals surface area (Å²) in [7, 11) is 0. The number of likely N-dealkylation sites (tertiary alicyclic amines) is 1. The number of fused-ring (bicyclic) bond motifs is 1. The molecule has 1 amide bonds. The fraction of sp³-hybridized carbons (Fsp3) is 0.500. The monoisotopic (exact) mass is 286 g/mol. The number of benzene rings is 1. The zero-order valence-electron chi connectivity index (χ0n) is 12.2. The second-order valence-corrected chi connectivity index (χ2v) is 6.15. The van der Waals surface area contributed by atoms with Gasteiger partial charge in [-0.15, -0.1) is 0 Å². The number of hydrogen-bond acceptors (Lipinski definition) is 4. The third-order valence-corrected chi connectivity index (χ3v) is 4.29. The summed E-state index contributed by atoms with van der Waals surface area (Å²) in [6, 6.07) is 6.79. The minimum atomic E-state index is -0.832. The Balaban J connectivity index is 2.12. The molecular formula is C16H18N2O3. The summed E-state index contributed by atoms with van der Waals surface area (Å²) in [4.78, 5) is 13.8. The molecule has 3 rings (SSSR count). The minimum absolute atomic E-state index is 0.0464. The lowest BCUT2D eigenvalue weighted by Crippen LogP contribution is -2.53. The van der Waals surface area contributed by atoms with Crippen LogP contribution in [-0.2, 0) is 4.79 Å². The Bertz CT molecular complexity index is 633. The van der Waals surface area contributed by atoms with E-state index in [4.69, 9.17) is 10.00 Å². The molecule has 0 aliphatic carbocycles. The topological polar surface area (TPSA) is 73.6 Å². The van der Waals surface area contributed by atoms with Gasteiger partial charge < -0.3 is 14.7 Å². The molecule has 110 valence electrons. The van der Waals surface area contributed by atoms with Crippen LogP contribution in [0, 0.1) is 11.3 Å². The Morgan fingerprint density at radius 3 is 2.86 bits per heavy atom. The van der Waals surface area contributed by atoms with Crippen LogP contribution in [0.1, 0.15) is 43.9 Å². The SMILES string of the molecule is CC1(C)Oc2ccc(C#N)cc2[C@H](N2CCCC2=O)C1O. The Morgan fingerprint density at radius 1 is 1.48 bits per heavy atom. The van der Waals surface area contributed by atoms with Crippen LogP contribution in [0.25, 0.3) is 0 Å². The van der Waals surface area contributed by atoms with E-state index < -0.39 is 17.7 Å². The van der Waals surface area contributed by atoms with Gasteiger partial charge in [0.1, 0.15) is 17.5 Å². The molecule has 0 bridgehead atoms. The highest BCUT2D eigenvalue weighted by Crippen LogP contribution is 2.44. The molecule has 2 atom stereocenters. The summed E-state index contributed by atoms with van der Waals surface area (Å²) in [5.41, 5.74) is 0.436. The van der Waals surface area contributed by atoms with Gasteiger partial charge in [-0.05, 0) is 38.5 Å². The van der Waals surface area contributed by atoms with Gasteiger partial charge in [0.25, 0.3) is 0 Å². The fourth-order valence-electron chi connectivity index (χ4n) is 3.14. The number of aliphatic hydroxyl groups is 1. The summed E-state index contributed by atoms with van der Waals surface area (Å²) >= 11 is 0. The average Bonchev–Trinajstić information content (AvgIpc) is 2.86. The average molecular weight is 286 g/mol. The van der Waals surface area contributed by atoms with Gasteiger partial charge in [-0.1, -0.05) is 0 Å². The number of aliphatic hydroxyl groups excluding tert-OH is 1. The first-order chi connectivity index (χ1) is 9.94. The van der Waals surface area contributed by atoms with Gasteiger partial charge in [0.05, 0.1) is 17.7 Å². The molecule has 2 aliphatic heterocycles. The molecular weight excluding hydrogens is 268 g/mol. The van der Waals surface area contributed by atoms with Crippen molar-refractivity contribution in [3.63, 3.8) is 0 Å². The molecule has 0 spiro atoms. The second kappa shape index (κ2) is 4.74. The van der Waals surface area contributed by atoms with Crippen molar-refractivity contribution < 1.29 is 14.6 Å². The highest BCUT2D eigenvalue weighted by Gasteiger charge is 2.47. The van der Waals surface area contributed by atoms with Crippen molar-refractivity contribution in [2.24, 2.45) is 0 Å². The molecule has 0 radical (unpaired) electrons. The van der Waals surface area contributed by atoms with Crippen molar-refractivity contribution in [2.45, 2.75) is 44.4 Å². The number of amides is 1. The van der Waals surface area contributed by atoms with Crippen LogP contribution in [0.5, 0.6) is 5.75 Å². The number of nitriles is 1. The highest BCUT2D eigenvalue weighted by atomic mass is 16.5. The number of nitrogens with zero attached hydrogens (tertiary/aromatic N) is 2. The maximum Gasteiger partial charge on any atom is 0.223 e. The molecule has 1 N–H and O–H groups in total. The Morgan fingerprint density at radius 2 is 2.24 bits per heavy atom. The first-order valence-corrected chi connectivity index (χ1v) is 7.14. The largest absolute Gasteiger partial charge is 0.485 e. The van der Waals surface area contributed by atoms with Crippen molar-refractivity contribution in [1.29, 1.82) is 5.26 Å². The molecule has 21 heavy (non-hydrogen) atoms. The maximum atomic E-state index is 12.1. The molecule has 5 heteroatoms. The molecule has 2 heterocycles. The Hall–Kier alpha value is -2.06. The summed E-state index contributed by atoms with van der Waals surface area (Å²) in [6.07, 6.45) is 0.481. The van der Waals surface area contributed by atoms with Crippen molar-refractivity contribution in [3.05, 3.63) is 29.3 Å². The number of ether oxygens (including phenoxy) is 1. The van der Waals surface area contributed by atoms with Crippen LogP contribution < -0.4 is 4.74 Å². The summed E-state index contributed by atoms with van der Waals surface area (Å²) in [5, 5.41) is 19.8. The normalized spacial score (nSPS) is 27.0. The smallest absolute Gasteiger partial charge is 0.223 e. The van der Waals surface area contributed by atoms with Gasteiger partial charge >= 0.3 is 0 Å². The van der Waals surface area contributed by atoms with Crippen LogP contribution in [0.3, 0.4) is 0 Å². The van der Waals surface area contributed by atoms with Crippen LogP contribution in [0.4, 0.5) is 0 Å². The highest BCUT2D eigenvalue weighted by molar-refractivity contribution is 5.79. The maximum absolute atomic E-state index is 12.1. The molecule has 1 aromatic carbocycles. The Kier molecular flexibility index (Phi) is 3.14. The van der Waals surface area contributed by atoms with Crippen molar-refractivity contribution in [2.75, 3.05) is 6.54 Å². The fourth-order valence-corrected chi connectivity index (χ4v) is 3.14.